The van der Waals surface area contributed by atoms with Crippen LogP contribution in [0.4, 0.5) is 0 Å². The third kappa shape index (κ3) is 3.42. The molecule has 0 atom stereocenters. The van der Waals surface area contributed by atoms with Crippen LogP contribution in [0.15, 0.2) is 54.9 Å². The molecule has 6 heteroatoms. The first-order valence-electron chi connectivity index (χ1n) is 8.79. The number of phenols is 2. The summed E-state index contributed by atoms with van der Waals surface area (Å²) in [7, 11) is 0. The summed E-state index contributed by atoms with van der Waals surface area (Å²) < 4.78 is 1.93. The molecule has 1 aromatic heterocycles. The van der Waals surface area contributed by atoms with Crippen molar-refractivity contribution >= 4 is 0 Å². The van der Waals surface area contributed by atoms with E-state index in [1.807, 2.05) is 10.8 Å². The van der Waals surface area contributed by atoms with Gasteiger partial charge in [0.15, 0.2) is 0 Å². The quantitative estimate of drug-likeness (QED) is 0.674. The summed E-state index contributed by atoms with van der Waals surface area (Å²) in [5.74, 6) is 0.673. The number of imidazole rings is 1. The van der Waals surface area contributed by atoms with E-state index in [0.29, 0.717) is 11.4 Å². The molecule has 4 rings (SSSR count). The normalized spacial score (nSPS) is 15.2. The Morgan fingerprint density at radius 2 is 1.77 bits per heavy atom. The van der Waals surface area contributed by atoms with Gasteiger partial charge in [-0.15, -0.1) is 0 Å². The molecule has 0 unspecified atom stereocenters. The summed E-state index contributed by atoms with van der Waals surface area (Å²) in [6, 6.07) is 13.0. The van der Waals surface area contributed by atoms with Crippen molar-refractivity contribution < 1.29 is 10.2 Å². The Morgan fingerprint density at radius 1 is 1.00 bits per heavy atom. The molecule has 1 aliphatic heterocycles. The van der Waals surface area contributed by atoms with Crippen LogP contribution >= 0.6 is 0 Å². The molecule has 3 aromatic rings. The van der Waals surface area contributed by atoms with E-state index in [9.17, 15) is 10.2 Å². The maximum absolute atomic E-state index is 10.1. The molecule has 1 fully saturated rings. The standard InChI is InChI=1S/C20H22N4O2/c25-17-5-6-18(19(26)13-17)20-22-9-12-24(20)16-3-1-15(2-4-16)14-23-10-7-21-8-11-23/h1-6,9,12-13,21,25-26H,7-8,10-11,14H2. The third-order valence-corrected chi connectivity index (χ3v) is 4.69. The third-order valence-electron chi connectivity index (χ3n) is 4.69. The smallest absolute Gasteiger partial charge is 0.148 e. The maximum atomic E-state index is 10.1. The van der Waals surface area contributed by atoms with Crippen molar-refractivity contribution in [1.29, 1.82) is 0 Å². The van der Waals surface area contributed by atoms with Gasteiger partial charge in [-0.05, 0) is 29.8 Å². The van der Waals surface area contributed by atoms with Gasteiger partial charge >= 0.3 is 0 Å². The van der Waals surface area contributed by atoms with Crippen LogP contribution in [-0.2, 0) is 6.54 Å². The average molecular weight is 350 g/mol. The molecule has 134 valence electrons. The highest BCUT2D eigenvalue weighted by atomic mass is 16.3. The van der Waals surface area contributed by atoms with Crippen molar-refractivity contribution in [2.75, 3.05) is 26.2 Å². The van der Waals surface area contributed by atoms with Gasteiger partial charge in [0.05, 0.1) is 5.56 Å². The Labute approximate surface area is 152 Å². The predicted octanol–water partition coefficient (Wildman–Crippen LogP) is 2.36. The number of hydrogen-bond acceptors (Lipinski definition) is 5. The molecular formula is C20H22N4O2. The molecule has 0 saturated carbocycles. The van der Waals surface area contributed by atoms with Gasteiger partial charge < -0.3 is 15.5 Å². The van der Waals surface area contributed by atoms with E-state index in [1.54, 1.807) is 18.3 Å². The second kappa shape index (κ2) is 7.19. The molecule has 3 N–H and O–H groups in total. The fourth-order valence-corrected chi connectivity index (χ4v) is 3.31. The lowest BCUT2D eigenvalue weighted by Crippen LogP contribution is -2.42. The van der Waals surface area contributed by atoms with Crippen molar-refractivity contribution in [3.8, 4) is 28.6 Å². The molecule has 2 aromatic carbocycles. The predicted molar refractivity (Wildman–Crippen MR) is 100 cm³/mol. The van der Waals surface area contributed by atoms with E-state index in [4.69, 9.17) is 0 Å². The first-order valence-corrected chi connectivity index (χ1v) is 8.79. The molecule has 0 amide bonds. The minimum absolute atomic E-state index is 0.00720. The highest BCUT2D eigenvalue weighted by Gasteiger charge is 2.13. The molecule has 26 heavy (non-hydrogen) atoms. The van der Waals surface area contributed by atoms with E-state index >= 15 is 0 Å². The Kier molecular flexibility index (Phi) is 4.60. The average Bonchev–Trinajstić information content (AvgIpc) is 3.13. The second-order valence-electron chi connectivity index (χ2n) is 6.51. The van der Waals surface area contributed by atoms with E-state index in [0.717, 1.165) is 38.4 Å². The van der Waals surface area contributed by atoms with Crippen molar-refractivity contribution in [3.05, 3.63) is 60.4 Å². The molecule has 2 heterocycles. The molecule has 0 spiro atoms. The van der Waals surface area contributed by atoms with E-state index < -0.39 is 0 Å². The van der Waals surface area contributed by atoms with Gasteiger partial charge in [0, 0.05) is 56.9 Å². The Bertz CT molecular complexity index is 883. The van der Waals surface area contributed by atoms with E-state index in [-0.39, 0.29) is 11.5 Å². The highest BCUT2D eigenvalue weighted by molar-refractivity contribution is 5.67. The van der Waals surface area contributed by atoms with Gasteiger partial charge in [0.1, 0.15) is 17.3 Å². The largest absolute Gasteiger partial charge is 0.508 e. The summed E-state index contributed by atoms with van der Waals surface area (Å²) in [6.45, 7) is 5.21. The summed E-state index contributed by atoms with van der Waals surface area (Å²) in [6.07, 6.45) is 3.57. The van der Waals surface area contributed by atoms with Crippen LogP contribution in [0, 0.1) is 0 Å². The maximum Gasteiger partial charge on any atom is 0.148 e. The molecule has 0 bridgehead atoms. The Hall–Kier alpha value is -2.83. The zero-order chi connectivity index (χ0) is 17.9. The van der Waals surface area contributed by atoms with Crippen LogP contribution in [0.1, 0.15) is 5.56 Å². The number of aromatic nitrogens is 2. The minimum atomic E-state index is 0.00720. The summed E-state index contributed by atoms with van der Waals surface area (Å²) in [5.41, 5.74) is 2.84. The topological polar surface area (TPSA) is 73.6 Å². The van der Waals surface area contributed by atoms with Crippen LogP contribution in [-0.4, -0.2) is 50.8 Å². The van der Waals surface area contributed by atoms with Gasteiger partial charge in [0.2, 0.25) is 0 Å². The highest BCUT2D eigenvalue weighted by Crippen LogP contribution is 2.32. The fourth-order valence-electron chi connectivity index (χ4n) is 3.31. The first kappa shape index (κ1) is 16.6. The summed E-state index contributed by atoms with van der Waals surface area (Å²) in [5, 5.41) is 23.0. The molecule has 0 aliphatic carbocycles. The number of phenolic OH excluding ortho intramolecular Hbond substituents is 2. The van der Waals surface area contributed by atoms with Gasteiger partial charge in [-0.3, -0.25) is 9.47 Å². The van der Waals surface area contributed by atoms with Crippen molar-refractivity contribution in [1.82, 2.24) is 19.8 Å². The zero-order valence-corrected chi connectivity index (χ0v) is 14.5. The number of hydrogen-bond donors (Lipinski definition) is 3. The van der Waals surface area contributed by atoms with Gasteiger partial charge in [-0.1, -0.05) is 12.1 Å². The fraction of sp³-hybridized carbons (Fsp3) is 0.250. The minimum Gasteiger partial charge on any atom is -0.508 e. The first-order chi connectivity index (χ1) is 12.7. The summed E-state index contributed by atoms with van der Waals surface area (Å²) in [4.78, 5) is 6.82. The van der Waals surface area contributed by atoms with Crippen molar-refractivity contribution in [3.63, 3.8) is 0 Å². The number of aromatic hydroxyl groups is 2. The lowest BCUT2D eigenvalue weighted by Gasteiger charge is -2.27. The van der Waals surface area contributed by atoms with Crippen LogP contribution < -0.4 is 5.32 Å². The van der Waals surface area contributed by atoms with Crippen LogP contribution in [0.2, 0.25) is 0 Å². The molecule has 1 aliphatic rings. The van der Waals surface area contributed by atoms with Gasteiger partial charge in [-0.2, -0.15) is 0 Å². The van der Waals surface area contributed by atoms with Gasteiger partial charge in [0.25, 0.3) is 0 Å². The van der Waals surface area contributed by atoms with E-state index in [1.165, 1.54) is 11.6 Å². The van der Waals surface area contributed by atoms with Crippen LogP contribution in [0.5, 0.6) is 11.5 Å². The number of nitrogens with zero attached hydrogens (tertiary/aromatic N) is 3. The molecular weight excluding hydrogens is 328 g/mol. The zero-order valence-electron chi connectivity index (χ0n) is 14.5. The van der Waals surface area contributed by atoms with Crippen LogP contribution in [0.25, 0.3) is 17.1 Å². The van der Waals surface area contributed by atoms with E-state index in [2.05, 4.69) is 39.5 Å². The van der Waals surface area contributed by atoms with Crippen molar-refractivity contribution in [2.45, 2.75) is 6.54 Å². The monoisotopic (exact) mass is 350 g/mol. The Morgan fingerprint density at radius 3 is 2.50 bits per heavy atom. The number of benzene rings is 2. The lowest BCUT2D eigenvalue weighted by atomic mass is 10.1. The molecule has 0 radical (unpaired) electrons. The lowest BCUT2D eigenvalue weighted by molar-refractivity contribution is 0.233. The molecule has 6 nitrogen and oxygen atoms in total. The summed E-state index contributed by atoms with van der Waals surface area (Å²) >= 11 is 0. The molecule has 1 saturated heterocycles. The Balaban J connectivity index is 1.57. The number of rotatable bonds is 4. The number of piperazine rings is 1. The second-order valence-corrected chi connectivity index (χ2v) is 6.51. The SMILES string of the molecule is Oc1ccc(-c2nccn2-c2ccc(CN3CCNCC3)cc2)c(O)c1. The van der Waals surface area contributed by atoms with Crippen LogP contribution in [0.3, 0.4) is 0 Å². The van der Waals surface area contributed by atoms with Crippen molar-refractivity contribution in [2.24, 2.45) is 0 Å². The van der Waals surface area contributed by atoms with Gasteiger partial charge in [-0.25, -0.2) is 4.98 Å². The number of nitrogens with one attached hydrogen (secondary N) is 1.